The Morgan fingerprint density at radius 1 is 1.23 bits per heavy atom. The molecule has 9 heteroatoms. The Kier molecular flexibility index (Phi) is 3.88. The number of nitrogens with one attached hydrogen (secondary N) is 1. The predicted molar refractivity (Wildman–Crippen MR) is 92.0 cm³/mol. The lowest BCUT2D eigenvalue weighted by atomic mass is 10.1. The first-order valence-corrected chi connectivity index (χ1v) is 7.94. The number of hydrogen-bond donors (Lipinski definition) is 1. The van der Waals surface area contributed by atoms with Crippen LogP contribution in [0.2, 0.25) is 0 Å². The molecule has 1 N–H and O–H groups in total. The summed E-state index contributed by atoms with van der Waals surface area (Å²) in [7, 11) is 0. The molecule has 0 unspecified atom stereocenters. The van der Waals surface area contributed by atoms with Gasteiger partial charge in [0.05, 0.1) is 17.6 Å². The van der Waals surface area contributed by atoms with Crippen LogP contribution in [0.25, 0.3) is 17.0 Å². The molecule has 0 radical (unpaired) electrons. The van der Waals surface area contributed by atoms with Gasteiger partial charge < -0.3 is 5.32 Å². The lowest BCUT2D eigenvalue weighted by Gasteiger charge is -2.07. The Morgan fingerprint density at radius 2 is 2.04 bits per heavy atom. The van der Waals surface area contributed by atoms with Crippen LogP contribution in [0.4, 0.5) is 10.1 Å². The third-order valence-electron chi connectivity index (χ3n) is 3.84. The number of fused-ring (bicyclic) bond motifs is 1. The van der Waals surface area contributed by atoms with Crippen molar-refractivity contribution in [1.29, 1.82) is 0 Å². The first-order valence-electron chi connectivity index (χ1n) is 7.94. The molecular formula is C17H14FN7O. The second kappa shape index (κ2) is 6.36. The van der Waals surface area contributed by atoms with Crippen molar-refractivity contribution in [2.75, 3.05) is 5.32 Å². The van der Waals surface area contributed by atoms with Gasteiger partial charge in [-0.2, -0.15) is 19.7 Å². The van der Waals surface area contributed by atoms with E-state index in [0.717, 1.165) is 0 Å². The fraction of sp³-hybridized carbons (Fsp3) is 0.118. The number of nitrogens with zero attached hydrogens (tertiary/aromatic N) is 6. The zero-order valence-corrected chi connectivity index (χ0v) is 13.8. The van der Waals surface area contributed by atoms with E-state index in [4.69, 9.17) is 0 Å². The van der Waals surface area contributed by atoms with E-state index < -0.39 is 0 Å². The maximum atomic E-state index is 13.2. The quantitative estimate of drug-likeness (QED) is 0.610. The Morgan fingerprint density at radius 3 is 2.77 bits per heavy atom. The van der Waals surface area contributed by atoms with Gasteiger partial charge in [0.15, 0.2) is 0 Å². The van der Waals surface area contributed by atoms with Gasteiger partial charge in [-0.3, -0.25) is 9.48 Å². The molecular weight excluding hydrogens is 337 g/mol. The van der Waals surface area contributed by atoms with E-state index in [9.17, 15) is 9.18 Å². The summed E-state index contributed by atoms with van der Waals surface area (Å²) in [6.45, 7) is 2.66. The maximum Gasteiger partial charge on any atom is 0.274 e. The van der Waals surface area contributed by atoms with E-state index in [-0.39, 0.29) is 23.2 Å². The van der Waals surface area contributed by atoms with E-state index in [1.54, 1.807) is 35.3 Å². The van der Waals surface area contributed by atoms with Crippen LogP contribution in [-0.2, 0) is 6.54 Å². The first kappa shape index (κ1) is 15.9. The largest absolute Gasteiger partial charge is 0.318 e. The van der Waals surface area contributed by atoms with Crippen LogP contribution in [0.15, 0.2) is 49.1 Å². The van der Waals surface area contributed by atoms with Gasteiger partial charge in [-0.1, -0.05) is 0 Å². The molecule has 1 amide bonds. The Hall–Kier alpha value is -3.62. The van der Waals surface area contributed by atoms with Crippen LogP contribution >= 0.6 is 0 Å². The van der Waals surface area contributed by atoms with E-state index in [1.807, 2.05) is 6.92 Å². The molecule has 0 spiro atoms. The fourth-order valence-electron chi connectivity index (χ4n) is 2.54. The lowest BCUT2D eigenvalue weighted by Crippen LogP contribution is -2.17. The van der Waals surface area contributed by atoms with Crippen molar-refractivity contribution < 1.29 is 9.18 Å². The second-order valence-corrected chi connectivity index (χ2v) is 5.54. The number of anilines is 1. The highest BCUT2D eigenvalue weighted by atomic mass is 19.1. The zero-order chi connectivity index (χ0) is 18.1. The van der Waals surface area contributed by atoms with Gasteiger partial charge in [-0.25, -0.2) is 9.37 Å². The van der Waals surface area contributed by atoms with Gasteiger partial charge in [0.1, 0.15) is 17.8 Å². The van der Waals surface area contributed by atoms with Gasteiger partial charge in [0, 0.05) is 18.3 Å². The smallest absolute Gasteiger partial charge is 0.274 e. The number of hydrogen-bond acceptors (Lipinski definition) is 5. The highest BCUT2D eigenvalue weighted by molar-refractivity contribution is 6.03. The number of aromatic nitrogens is 6. The molecule has 3 aromatic heterocycles. The monoisotopic (exact) mass is 351 g/mol. The number of amides is 1. The van der Waals surface area contributed by atoms with Crippen LogP contribution in [0, 0.1) is 5.82 Å². The van der Waals surface area contributed by atoms with Crippen molar-refractivity contribution >= 4 is 17.4 Å². The summed E-state index contributed by atoms with van der Waals surface area (Å²) in [6.07, 6.45) is 4.63. The van der Waals surface area contributed by atoms with Gasteiger partial charge in [0.25, 0.3) is 11.7 Å². The van der Waals surface area contributed by atoms with Crippen molar-refractivity contribution in [1.82, 2.24) is 29.4 Å². The molecule has 0 aliphatic carbocycles. The van der Waals surface area contributed by atoms with Gasteiger partial charge in [-0.15, -0.1) is 0 Å². The van der Waals surface area contributed by atoms with Crippen LogP contribution in [0.3, 0.4) is 0 Å². The number of aryl methyl sites for hydroxylation is 1. The van der Waals surface area contributed by atoms with Crippen LogP contribution in [0.5, 0.6) is 0 Å². The van der Waals surface area contributed by atoms with Gasteiger partial charge in [-0.05, 0) is 37.3 Å². The molecule has 26 heavy (non-hydrogen) atoms. The summed E-state index contributed by atoms with van der Waals surface area (Å²) in [6, 6.07) is 7.46. The normalized spacial score (nSPS) is 11.0. The Balaban J connectivity index is 1.74. The molecule has 4 aromatic rings. The van der Waals surface area contributed by atoms with Crippen LogP contribution in [0.1, 0.15) is 17.4 Å². The average Bonchev–Trinajstić information content (AvgIpc) is 3.30. The van der Waals surface area contributed by atoms with E-state index in [2.05, 4.69) is 25.5 Å². The molecule has 3 heterocycles. The molecule has 0 bridgehead atoms. The summed E-state index contributed by atoms with van der Waals surface area (Å²) in [4.78, 5) is 21.2. The number of rotatable bonds is 4. The van der Waals surface area contributed by atoms with Crippen molar-refractivity contribution in [2.45, 2.75) is 13.5 Å². The standard InChI is InChI=1S/C17H14FN7O/c1-2-24-9-13(8-20-24)22-16(26)15-7-14(11-3-5-12(18)6-4-11)23-17-19-10-21-25(15)17/h3-10H,2H2,1H3,(H,22,26). The third-order valence-corrected chi connectivity index (χ3v) is 3.84. The van der Waals surface area contributed by atoms with Crippen molar-refractivity contribution in [2.24, 2.45) is 0 Å². The molecule has 0 fully saturated rings. The summed E-state index contributed by atoms with van der Waals surface area (Å²) in [5.41, 5.74) is 2.01. The number of halogens is 1. The van der Waals surface area contributed by atoms with Crippen LogP contribution in [-0.4, -0.2) is 35.3 Å². The van der Waals surface area contributed by atoms with E-state index in [0.29, 0.717) is 23.5 Å². The highest BCUT2D eigenvalue weighted by Crippen LogP contribution is 2.20. The zero-order valence-electron chi connectivity index (χ0n) is 13.8. The van der Waals surface area contributed by atoms with E-state index >= 15 is 0 Å². The molecule has 130 valence electrons. The molecule has 0 atom stereocenters. The molecule has 1 aromatic carbocycles. The lowest BCUT2D eigenvalue weighted by molar-refractivity contribution is 0.102. The molecule has 0 aliphatic heterocycles. The second-order valence-electron chi connectivity index (χ2n) is 5.54. The van der Waals surface area contributed by atoms with Crippen molar-refractivity contribution in [3.05, 3.63) is 60.6 Å². The predicted octanol–water partition coefficient (Wildman–Crippen LogP) is 2.40. The van der Waals surface area contributed by atoms with E-state index in [1.165, 1.54) is 23.0 Å². The average molecular weight is 351 g/mol. The Bertz CT molecular complexity index is 1080. The minimum absolute atomic E-state index is 0.260. The maximum absolute atomic E-state index is 13.2. The molecule has 0 saturated carbocycles. The minimum Gasteiger partial charge on any atom is -0.318 e. The summed E-state index contributed by atoms with van der Waals surface area (Å²) in [5, 5.41) is 11.0. The van der Waals surface area contributed by atoms with Crippen molar-refractivity contribution in [3.8, 4) is 11.3 Å². The highest BCUT2D eigenvalue weighted by Gasteiger charge is 2.16. The third kappa shape index (κ3) is 2.90. The fourth-order valence-corrected chi connectivity index (χ4v) is 2.54. The topological polar surface area (TPSA) is 90.0 Å². The molecule has 0 aliphatic rings. The minimum atomic E-state index is -0.373. The van der Waals surface area contributed by atoms with Gasteiger partial charge >= 0.3 is 0 Å². The first-order chi connectivity index (χ1) is 12.6. The molecule has 8 nitrogen and oxygen atoms in total. The number of benzene rings is 1. The number of carbonyl (C=O) groups is 1. The summed E-state index contributed by atoms with van der Waals surface area (Å²) < 4.78 is 16.2. The SMILES string of the molecule is CCn1cc(NC(=O)c2cc(-c3ccc(F)cc3)nc3ncnn23)cn1. The molecule has 4 rings (SSSR count). The van der Waals surface area contributed by atoms with Gasteiger partial charge in [0.2, 0.25) is 0 Å². The van der Waals surface area contributed by atoms with Crippen molar-refractivity contribution in [3.63, 3.8) is 0 Å². The number of carbonyl (C=O) groups excluding carboxylic acids is 1. The molecule has 0 saturated heterocycles. The summed E-state index contributed by atoms with van der Waals surface area (Å²) in [5.74, 6) is -0.439. The van der Waals surface area contributed by atoms with Crippen LogP contribution < -0.4 is 5.32 Å². The summed E-state index contributed by atoms with van der Waals surface area (Å²) >= 11 is 0. The Labute approximate surface area is 147 Å².